The van der Waals surface area contributed by atoms with Crippen LogP contribution in [0.15, 0.2) is 47.6 Å². The van der Waals surface area contributed by atoms with E-state index in [2.05, 4.69) is 10.5 Å². The van der Waals surface area contributed by atoms with Crippen LogP contribution in [0.3, 0.4) is 0 Å². The molecule has 0 atom stereocenters. The molecule has 0 saturated heterocycles. The quantitative estimate of drug-likeness (QED) is 0.514. The molecule has 1 amide bonds. The van der Waals surface area contributed by atoms with Crippen LogP contribution in [0.5, 0.6) is 5.75 Å². The normalized spacial score (nSPS) is 11.1. The van der Waals surface area contributed by atoms with Crippen molar-refractivity contribution in [2.75, 3.05) is 0 Å². The third-order valence-electron chi connectivity index (χ3n) is 3.21. The molecule has 7 nitrogen and oxygen atoms in total. The second-order valence-electron chi connectivity index (χ2n) is 4.96. The lowest BCUT2D eigenvalue weighted by atomic mass is 10.1. The maximum Gasteiger partial charge on any atom is 0.271 e. The number of nitrogens with zero attached hydrogens (tertiary/aromatic N) is 2. The number of phenols is 1. The van der Waals surface area contributed by atoms with Crippen LogP contribution in [0.25, 0.3) is 0 Å². The van der Waals surface area contributed by atoms with Gasteiger partial charge in [0.2, 0.25) is 0 Å². The molecule has 0 heterocycles. The fourth-order valence-electron chi connectivity index (χ4n) is 1.93. The molecule has 0 radical (unpaired) electrons. The Hall–Kier alpha value is -3.22. The number of amides is 1. The lowest BCUT2D eigenvalue weighted by molar-refractivity contribution is -0.384. The van der Waals surface area contributed by atoms with Crippen LogP contribution in [-0.2, 0) is 0 Å². The number of rotatable bonds is 4. The summed E-state index contributed by atoms with van der Waals surface area (Å²) in [6.45, 7) is 3.54. The SMILES string of the molecule is C/C(=N\NC(=O)c1ccc([N+](=O)[O-])cc1)c1cc(C)ccc1O. The highest BCUT2D eigenvalue weighted by atomic mass is 16.6. The summed E-state index contributed by atoms with van der Waals surface area (Å²) in [5.74, 6) is -0.423. The van der Waals surface area contributed by atoms with E-state index in [1.54, 1.807) is 25.1 Å². The number of nitro groups is 1. The van der Waals surface area contributed by atoms with Gasteiger partial charge in [-0.25, -0.2) is 5.43 Å². The first-order valence-electron chi connectivity index (χ1n) is 6.77. The van der Waals surface area contributed by atoms with Gasteiger partial charge in [0.05, 0.1) is 10.6 Å². The van der Waals surface area contributed by atoms with Gasteiger partial charge in [-0.1, -0.05) is 11.6 Å². The number of benzene rings is 2. The summed E-state index contributed by atoms with van der Waals surface area (Å²) in [6, 6.07) is 10.3. The maximum absolute atomic E-state index is 12.0. The van der Waals surface area contributed by atoms with E-state index in [0.29, 0.717) is 11.3 Å². The highest BCUT2D eigenvalue weighted by Crippen LogP contribution is 2.19. The first-order valence-corrected chi connectivity index (χ1v) is 6.77. The molecule has 0 bridgehead atoms. The van der Waals surface area contributed by atoms with Crippen LogP contribution in [0.4, 0.5) is 5.69 Å². The van der Waals surface area contributed by atoms with Crippen LogP contribution >= 0.6 is 0 Å². The van der Waals surface area contributed by atoms with Gasteiger partial charge in [-0.05, 0) is 38.1 Å². The molecule has 0 saturated carbocycles. The summed E-state index contributed by atoms with van der Waals surface area (Å²) in [5.41, 5.74) is 4.44. The second kappa shape index (κ2) is 6.69. The number of phenolic OH excluding ortho intramolecular Hbond substituents is 1. The molecule has 0 spiro atoms. The topological polar surface area (TPSA) is 105 Å². The van der Waals surface area contributed by atoms with Gasteiger partial charge in [0.1, 0.15) is 5.75 Å². The molecule has 0 aliphatic heterocycles. The fraction of sp³-hybridized carbons (Fsp3) is 0.125. The minimum absolute atomic E-state index is 0.0708. The molecular formula is C16H15N3O4. The van der Waals surface area contributed by atoms with Crippen molar-refractivity contribution in [2.45, 2.75) is 13.8 Å². The van der Waals surface area contributed by atoms with E-state index in [0.717, 1.165) is 5.56 Å². The Morgan fingerprint density at radius 1 is 1.22 bits per heavy atom. The molecule has 0 aliphatic carbocycles. The van der Waals surface area contributed by atoms with Crippen molar-refractivity contribution >= 4 is 17.3 Å². The maximum atomic E-state index is 12.0. The summed E-state index contributed by atoms with van der Waals surface area (Å²) < 4.78 is 0. The molecular weight excluding hydrogens is 298 g/mol. The van der Waals surface area contributed by atoms with E-state index < -0.39 is 10.8 Å². The number of hydrogen-bond acceptors (Lipinski definition) is 5. The molecule has 118 valence electrons. The predicted molar refractivity (Wildman–Crippen MR) is 85.6 cm³/mol. The van der Waals surface area contributed by atoms with Crippen LogP contribution in [-0.4, -0.2) is 21.6 Å². The van der Waals surface area contributed by atoms with Gasteiger partial charge in [0.25, 0.3) is 11.6 Å². The molecule has 23 heavy (non-hydrogen) atoms. The van der Waals surface area contributed by atoms with Crippen molar-refractivity contribution in [3.05, 3.63) is 69.3 Å². The zero-order chi connectivity index (χ0) is 17.0. The number of nitrogens with one attached hydrogen (secondary N) is 1. The molecule has 2 rings (SSSR count). The number of aromatic hydroxyl groups is 1. The van der Waals surface area contributed by atoms with Gasteiger partial charge in [-0.15, -0.1) is 0 Å². The Balaban J connectivity index is 2.13. The number of aryl methyl sites for hydroxylation is 1. The summed E-state index contributed by atoms with van der Waals surface area (Å²) in [7, 11) is 0. The van der Waals surface area contributed by atoms with E-state index in [4.69, 9.17) is 0 Å². The summed E-state index contributed by atoms with van der Waals surface area (Å²) in [4.78, 5) is 22.0. The lowest BCUT2D eigenvalue weighted by Crippen LogP contribution is -2.19. The standard InChI is InChI=1S/C16H15N3O4/c1-10-3-8-15(20)14(9-10)11(2)17-18-16(21)12-4-6-13(7-5-12)19(22)23/h3-9,20H,1-2H3,(H,18,21)/b17-11+. The third kappa shape index (κ3) is 3.91. The van der Waals surface area contributed by atoms with Crippen LogP contribution in [0.2, 0.25) is 0 Å². The van der Waals surface area contributed by atoms with Crippen molar-refractivity contribution in [3.8, 4) is 5.75 Å². The number of carbonyl (C=O) groups is 1. The van der Waals surface area contributed by atoms with E-state index in [1.807, 2.05) is 6.92 Å². The van der Waals surface area contributed by atoms with Gasteiger partial charge in [-0.3, -0.25) is 14.9 Å². The van der Waals surface area contributed by atoms with Crippen molar-refractivity contribution in [2.24, 2.45) is 5.10 Å². The minimum atomic E-state index is -0.537. The number of carbonyl (C=O) groups excluding carboxylic acids is 1. The van der Waals surface area contributed by atoms with Crippen molar-refractivity contribution in [1.82, 2.24) is 5.43 Å². The number of non-ortho nitro benzene ring substituents is 1. The molecule has 2 N–H and O–H groups in total. The molecule has 2 aromatic rings. The molecule has 0 unspecified atom stereocenters. The zero-order valence-corrected chi connectivity index (χ0v) is 12.6. The average Bonchev–Trinajstić information content (AvgIpc) is 2.54. The first kappa shape index (κ1) is 16.2. The van der Waals surface area contributed by atoms with Crippen molar-refractivity contribution in [1.29, 1.82) is 0 Å². The summed E-state index contributed by atoms with van der Waals surface area (Å²) in [5, 5.41) is 24.3. The Morgan fingerprint density at radius 2 is 1.87 bits per heavy atom. The largest absolute Gasteiger partial charge is 0.507 e. The van der Waals surface area contributed by atoms with Gasteiger partial charge in [0, 0.05) is 23.3 Å². The van der Waals surface area contributed by atoms with Crippen molar-refractivity contribution in [3.63, 3.8) is 0 Å². The summed E-state index contributed by atoms with van der Waals surface area (Å²) >= 11 is 0. The Morgan fingerprint density at radius 3 is 2.48 bits per heavy atom. The number of nitro benzene ring substituents is 1. The second-order valence-corrected chi connectivity index (χ2v) is 4.96. The highest BCUT2D eigenvalue weighted by molar-refractivity contribution is 6.02. The molecule has 2 aromatic carbocycles. The minimum Gasteiger partial charge on any atom is -0.507 e. The lowest BCUT2D eigenvalue weighted by Gasteiger charge is -2.06. The van der Waals surface area contributed by atoms with Crippen LogP contribution in [0.1, 0.15) is 28.4 Å². The van der Waals surface area contributed by atoms with E-state index in [1.165, 1.54) is 24.3 Å². The summed E-state index contributed by atoms with van der Waals surface area (Å²) in [6.07, 6.45) is 0. The van der Waals surface area contributed by atoms with E-state index >= 15 is 0 Å². The molecule has 7 heteroatoms. The predicted octanol–water partition coefficient (Wildman–Crippen LogP) is 2.76. The van der Waals surface area contributed by atoms with Gasteiger partial charge < -0.3 is 5.11 Å². The molecule has 0 fully saturated rings. The Kier molecular flexibility index (Phi) is 4.70. The molecule has 0 aliphatic rings. The third-order valence-corrected chi connectivity index (χ3v) is 3.21. The smallest absolute Gasteiger partial charge is 0.271 e. The van der Waals surface area contributed by atoms with Gasteiger partial charge >= 0.3 is 0 Å². The fourth-order valence-corrected chi connectivity index (χ4v) is 1.93. The number of hydrogen-bond donors (Lipinski definition) is 2. The Labute approximate surface area is 132 Å². The molecule has 0 aromatic heterocycles. The Bertz CT molecular complexity index is 782. The average molecular weight is 313 g/mol. The van der Waals surface area contributed by atoms with Crippen molar-refractivity contribution < 1.29 is 14.8 Å². The van der Waals surface area contributed by atoms with E-state index in [9.17, 15) is 20.0 Å². The first-order chi connectivity index (χ1) is 10.9. The van der Waals surface area contributed by atoms with Crippen LogP contribution < -0.4 is 5.43 Å². The highest BCUT2D eigenvalue weighted by Gasteiger charge is 2.10. The van der Waals surface area contributed by atoms with E-state index in [-0.39, 0.29) is 17.0 Å². The number of hydrazone groups is 1. The van der Waals surface area contributed by atoms with Crippen LogP contribution in [0, 0.1) is 17.0 Å². The zero-order valence-electron chi connectivity index (χ0n) is 12.6. The van der Waals surface area contributed by atoms with Gasteiger partial charge in [0.15, 0.2) is 0 Å². The van der Waals surface area contributed by atoms with Gasteiger partial charge in [-0.2, -0.15) is 5.10 Å². The monoisotopic (exact) mass is 313 g/mol.